The normalized spacial score (nSPS) is 12.6. The van der Waals surface area contributed by atoms with Crippen LogP contribution in [0.1, 0.15) is 0 Å². The van der Waals surface area contributed by atoms with Crippen LogP contribution < -0.4 is 5.32 Å². The number of carbonyl (C=O) groups excluding carboxylic acids is 1. The molecular weight excluding hydrogens is 134 g/mol. The Labute approximate surface area is 48.5 Å². The van der Waals surface area contributed by atoms with Gasteiger partial charge in [-0.05, 0) is 0 Å². The average Bonchev–Trinajstić information content (AvgIpc) is 1.66. The summed E-state index contributed by atoms with van der Waals surface area (Å²) in [6, 6.07) is 0. The standard InChI is InChI=1S/C2H5NO4S/c4-1-3-2-7-8(5)6/h1H,2H2,(H,3,4)(H,5,6)/p-1. The Balaban J connectivity index is 2.93. The minimum absolute atomic E-state index is 0.306. The summed E-state index contributed by atoms with van der Waals surface area (Å²) in [5, 5.41) is 1.98. The summed E-state index contributed by atoms with van der Waals surface area (Å²) in [7, 11) is 0. The molecule has 48 valence electrons. The van der Waals surface area contributed by atoms with Gasteiger partial charge < -0.3 is 9.87 Å². The fourth-order valence-electron chi connectivity index (χ4n) is 0.116. The molecule has 0 saturated heterocycles. The van der Waals surface area contributed by atoms with Crippen LogP contribution in [0.15, 0.2) is 0 Å². The van der Waals surface area contributed by atoms with E-state index in [1.54, 1.807) is 0 Å². The zero-order chi connectivity index (χ0) is 6.41. The summed E-state index contributed by atoms with van der Waals surface area (Å²) in [6.45, 7) is -0.306. The molecule has 0 aromatic carbocycles. The summed E-state index contributed by atoms with van der Waals surface area (Å²) in [5.41, 5.74) is 0. The predicted octanol–water partition coefficient (Wildman–Crippen LogP) is -1.50. The van der Waals surface area contributed by atoms with E-state index in [0.717, 1.165) is 0 Å². The lowest BCUT2D eigenvalue weighted by Crippen LogP contribution is -2.15. The summed E-state index contributed by atoms with van der Waals surface area (Å²) < 4.78 is 22.8. The van der Waals surface area contributed by atoms with Crippen LogP contribution >= 0.6 is 0 Å². The number of hydrogen-bond acceptors (Lipinski definition) is 4. The van der Waals surface area contributed by atoms with Crippen molar-refractivity contribution in [2.75, 3.05) is 6.73 Å². The van der Waals surface area contributed by atoms with E-state index in [-0.39, 0.29) is 6.73 Å². The topological polar surface area (TPSA) is 78.5 Å². The summed E-state index contributed by atoms with van der Waals surface area (Å²) in [5.74, 6) is 0. The van der Waals surface area contributed by atoms with Crippen molar-refractivity contribution in [3.05, 3.63) is 0 Å². The number of carbonyl (C=O) groups is 1. The molecule has 0 fully saturated rings. The Morgan fingerprint density at radius 2 is 2.50 bits per heavy atom. The molecule has 6 heteroatoms. The zero-order valence-corrected chi connectivity index (χ0v) is 4.64. The van der Waals surface area contributed by atoms with Gasteiger partial charge in [-0.25, -0.2) is 4.21 Å². The highest BCUT2D eigenvalue weighted by Crippen LogP contribution is 1.70. The van der Waals surface area contributed by atoms with Crippen molar-refractivity contribution in [3.63, 3.8) is 0 Å². The maximum Gasteiger partial charge on any atom is 0.208 e. The Bertz CT molecular complexity index is 94.0. The lowest BCUT2D eigenvalue weighted by atomic mass is 11.2. The molecule has 1 unspecified atom stereocenters. The van der Waals surface area contributed by atoms with Crippen LogP contribution in [0.3, 0.4) is 0 Å². The highest BCUT2D eigenvalue weighted by atomic mass is 32.2. The number of amides is 1. The first-order chi connectivity index (χ1) is 3.77. The molecule has 0 aromatic rings. The van der Waals surface area contributed by atoms with Crippen LogP contribution in [-0.2, 0) is 20.3 Å². The molecule has 0 aliphatic carbocycles. The minimum Gasteiger partial charge on any atom is -0.750 e. The molecule has 0 heterocycles. The van der Waals surface area contributed by atoms with Gasteiger partial charge in [0.25, 0.3) is 0 Å². The van der Waals surface area contributed by atoms with Crippen molar-refractivity contribution in [1.29, 1.82) is 0 Å². The van der Waals surface area contributed by atoms with E-state index in [2.05, 4.69) is 4.18 Å². The maximum absolute atomic E-state index is 9.50. The van der Waals surface area contributed by atoms with E-state index in [1.165, 1.54) is 0 Å². The van der Waals surface area contributed by atoms with Crippen LogP contribution in [0.25, 0.3) is 0 Å². The molecule has 5 nitrogen and oxygen atoms in total. The van der Waals surface area contributed by atoms with Gasteiger partial charge in [-0.15, -0.1) is 0 Å². The lowest BCUT2D eigenvalue weighted by molar-refractivity contribution is -0.110. The molecule has 0 radical (unpaired) electrons. The van der Waals surface area contributed by atoms with Crippen LogP contribution in [0, 0.1) is 0 Å². The third kappa shape index (κ3) is 5.54. The number of nitrogens with one attached hydrogen (secondary N) is 1. The van der Waals surface area contributed by atoms with Crippen molar-refractivity contribution >= 4 is 17.8 Å². The molecule has 0 rings (SSSR count). The predicted molar refractivity (Wildman–Crippen MR) is 24.1 cm³/mol. The third-order valence-corrected chi connectivity index (χ3v) is 0.632. The molecule has 1 atom stereocenters. The van der Waals surface area contributed by atoms with Crippen LogP contribution in [0.2, 0.25) is 0 Å². The molecule has 0 aromatic heterocycles. The highest BCUT2D eigenvalue weighted by Gasteiger charge is 1.78. The quantitative estimate of drug-likeness (QED) is 0.222. The van der Waals surface area contributed by atoms with Gasteiger partial charge in [-0.2, -0.15) is 0 Å². The van der Waals surface area contributed by atoms with Crippen molar-refractivity contribution < 1.29 is 17.7 Å². The Hall–Kier alpha value is -0.460. The second-order valence-corrected chi connectivity index (χ2v) is 1.43. The van der Waals surface area contributed by atoms with E-state index in [1.807, 2.05) is 5.32 Å². The van der Waals surface area contributed by atoms with E-state index < -0.39 is 11.4 Å². The first-order valence-electron chi connectivity index (χ1n) is 1.67. The van der Waals surface area contributed by atoms with Crippen LogP contribution in [0.5, 0.6) is 0 Å². The van der Waals surface area contributed by atoms with Crippen molar-refractivity contribution in [2.24, 2.45) is 0 Å². The first-order valence-corrected chi connectivity index (χ1v) is 2.67. The van der Waals surface area contributed by atoms with Crippen LogP contribution in [-0.4, -0.2) is 21.9 Å². The summed E-state index contributed by atoms with van der Waals surface area (Å²) >= 11 is -2.54. The fourth-order valence-corrected chi connectivity index (χ4v) is 0.280. The van der Waals surface area contributed by atoms with E-state index in [4.69, 9.17) is 0 Å². The fraction of sp³-hybridized carbons (Fsp3) is 0.500. The van der Waals surface area contributed by atoms with E-state index >= 15 is 0 Å². The van der Waals surface area contributed by atoms with Gasteiger partial charge >= 0.3 is 0 Å². The molecule has 1 amide bonds. The molecule has 8 heavy (non-hydrogen) atoms. The van der Waals surface area contributed by atoms with Gasteiger partial charge in [-0.3, -0.25) is 8.98 Å². The monoisotopic (exact) mass is 138 g/mol. The van der Waals surface area contributed by atoms with Gasteiger partial charge in [0.1, 0.15) is 6.73 Å². The lowest BCUT2D eigenvalue weighted by Gasteiger charge is -2.02. The molecular formula is C2H4NO4S-. The van der Waals surface area contributed by atoms with E-state index in [9.17, 15) is 13.6 Å². The number of rotatable bonds is 4. The average molecular weight is 138 g/mol. The van der Waals surface area contributed by atoms with Crippen molar-refractivity contribution in [2.45, 2.75) is 0 Å². The highest BCUT2D eigenvalue weighted by molar-refractivity contribution is 7.74. The Kier molecular flexibility index (Phi) is 4.42. The second kappa shape index (κ2) is 4.69. The third-order valence-electron chi connectivity index (χ3n) is 0.322. The van der Waals surface area contributed by atoms with Gasteiger partial charge in [-0.1, -0.05) is 0 Å². The largest absolute Gasteiger partial charge is 0.750 e. The first kappa shape index (κ1) is 7.54. The molecule has 0 spiro atoms. The summed E-state index contributed by atoms with van der Waals surface area (Å²) in [6.07, 6.45) is 0.340. The van der Waals surface area contributed by atoms with Gasteiger partial charge in [0.2, 0.25) is 6.41 Å². The second-order valence-electron chi connectivity index (χ2n) is 0.788. The van der Waals surface area contributed by atoms with Crippen LogP contribution in [0.4, 0.5) is 0 Å². The zero-order valence-electron chi connectivity index (χ0n) is 3.83. The molecule has 0 saturated carbocycles. The molecule has 1 N–H and O–H groups in total. The molecule has 0 aliphatic rings. The van der Waals surface area contributed by atoms with Crippen molar-refractivity contribution in [3.8, 4) is 0 Å². The van der Waals surface area contributed by atoms with Gasteiger partial charge in [0, 0.05) is 0 Å². The minimum atomic E-state index is -2.54. The van der Waals surface area contributed by atoms with Gasteiger partial charge in [0.15, 0.2) is 0 Å². The maximum atomic E-state index is 9.50. The van der Waals surface area contributed by atoms with Gasteiger partial charge in [0.05, 0.1) is 11.4 Å². The van der Waals surface area contributed by atoms with Crippen molar-refractivity contribution in [1.82, 2.24) is 5.32 Å². The summed E-state index contributed by atoms with van der Waals surface area (Å²) in [4.78, 5) is 9.39. The molecule has 0 bridgehead atoms. The Morgan fingerprint density at radius 1 is 1.88 bits per heavy atom. The SMILES string of the molecule is O=CNCOS(=O)[O-]. The Morgan fingerprint density at radius 3 is 2.88 bits per heavy atom. The van der Waals surface area contributed by atoms with E-state index in [0.29, 0.717) is 6.41 Å². The smallest absolute Gasteiger partial charge is 0.208 e. The molecule has 0 aliphatic heterocycles. The number of hydrogen-bond donors (Lipinski definition) is 1.